The first-order valence-corrected chi connectivity index (χ1v) is 6.90. The molecule has 1 aliphatic rings. The number of aromatic nitrogens is 2. The minimum absolute atomic E-state index is 0.470. The molecule has 4 heteroatoms. The van der Waals surface area contributed by atoms with Crippen molar-refractivity contribution in [3.05, 3.63) is 46.7 Å². The average molecular weight is 245 g/mol. The lowest BCUT2D eigenvalue weighted by Gasteiger charge is -2.22. The van der Waals surface area contributed by atoms with Crippen LogP contribution in [0.1, 0.15) is 30.3 Å². The topological polar surface area (TPSA) is 29.0 Å². The Labute approximate surface area is 105 Å². The number of likely N-dealkylation sites (tertiary alicyclic amines) is 1. The average Bonchev–Trinajstić information content (AvgIpc) is 3.02. The van der Waals surface area contributed by atoms with Crippen LogP contribution in [0.15, 0.2) is 35.3 Å². The van der Waals surface area contributed by atoms with Gasteiger partial charge in [0.15, 0.2) is 0 Å². The second-order valence-electron chi connectivity index (χ2n) is 4.36. The third-order valence-corrected chi connectivity index (χ3v) is 3.88. The van der Waals surface area contributed by atoms with Crippen molar-refractivity contribution in [1.29, 1.82) is 0 Å². The number of pyridine rings is 1. The quantitative estimate of drug-likeness (QED) is 0.832. The maximum absolute atomic E-state index is 4.48. The van der Waals surface area contributed by atoms with Crippen LogP contribution >= 0.6 is 11.3 Å². The van der Waals surface area contributed by atoms with Gasteiger partial charge in [-0.3, -0.25) is 9.88 Å². The molecular formula is C13H15N3S. The van der Waals surface area contributed by atoms with Gasteiger partial charge in [0.1, 0.15) is 0 Å². The fraction of sp³-hybridized carbons (Fsp3) is 0.385. The van der Waals surface area contributed by atoms with Crippen molar-refractivity contribution >= 4 is 11.3 Å². The number of thiazole rings is 1. The molecule has 1 saturated heterocycles. The summed E-state index contributed by atoms with van der Waals surface area (Å²) < 4.78 is 0. The largest absolute Gasteiger partial charge is 0.289 e. The molecule has 0 amide bonds. The zero-order valence-corrected chi connectivity index (χ0v) is 10.4. The van der Waals surface area contributed by atoms with Crippen LogP contribution < -0.4 is 0 Å². The Bertz CT molecular complexity index is 455. The summed E-state index contributed by atoms with van der Waals surface area (Å²) >= 11 is 1.67. The van der Waals surface area contributed by atoms with E-state index in [-0.39, 0.29) is 0 Å². The van der Waals surface area contributed by atoms with Crippen LogP contribution in [0.25, 0.3) is 0 Å². The van der Waals surface area contributed by atoms with Crippen LogP contribution in [0.5, 0.6) is 0 Å². The summed E-state index contributed by atoms with van der Waals surface area (Å²) in [6.07, 6.45) is 4.35. The van der Waals surface area contributed by atoms with Crippen LogP contribution in [0.3, 0.4) is 0 Å². The minimum Gasteiger partial charge on any atom is -0.289 e. The third kappa shape index (κ3) is 2.37. The molecule has 2 aromatic rings. The molecule has 2 aromatic heterocycles. The molecule has 0 unspecified atom stereocenters. The highest BCUT2D eigenvalue weighted by Gasteiger charge is 2.26. The Hall–Kier alpha value is -1.26. The third-order valence-electron chi connectivity index (χ3n) is 3.24. The lowest BCUT2D eigenvalue weighted by Crippen LogP contribution is -2.23. The zero-order chi connectivity index (χ0) is 11.5. The Morgan fingerprint density at radius 1 is 1.35 bits per heavy atom. The molecule has 3 rings (SSSR count). The van der Waals surface area contributed by atoms with Gasteiger partial charge in [0.2, 0.25) is 0 Å². The van der Waals surface area contributed by atoms with Gasteiger partial charge in [-0.1, -0.05) is 6.07 Å². The highest BCUT2D eigenvalue weighted by atomic mass is 32.1. The van der Waals surface area contributed by atoms with E-state index >= 15 is 0 Å². The van der Waals surface area contributed by atoms with Crippen molar-refractivity contribution in [2.24, 2.45) is 0 Å². The van der Waals surface area contributed by atoms with E-state index in [0.717, 1.165) is 13.1 Å². The van der Waals surface area contributed by atoms with Gasteiger partial charge >= 0.3 is 0 Å². The van der Waals surface area contributed by atoms with Gasteiger partial charge in [-0.2, -0.15) is 0 Å². The molecule has 0 aliphatic carbocycles. The zero-order valence-electron chi connectivity index (χ0n) is 9.62. The Balaban J connectivity index is 1.76. The molecule has 3 nitrogen and oxygen atoms in total. The van der Waals surface area contributed by atoms with Crippen LogP contribution in [0.4, 0.5) is 0 Å². The Kier molecular flexibility index (Phi) is 3.16. The fourth-order valence-corrected chi connectivity index (χ4v) is 3.00. The maximum Gasteiger partial charge on any atom is 0.0795 e. The summed E-state index contributed by atoms with van der Waals surface area (Å²) in [6.45, 7) is 2.10. The van der Waals surface area contributed by atoms with E-state index in [1.54, 1.807) is 11.3 Å². The first-order valence-electron chi connectivity index (χ1n) is 5.95. The molecule has 0 aromatic carbocycles. The van der Waals surface area contributed by atoms with Crippen molar-refractivity contribution in [1.82, 2.24) is 14.9 Å². The van der Waals surface area contributed by atoms with Crippen LogP contribution in [-0.2, 0) is 6.54 Å². The van der Waals surface area contributed by atoms with Crippen molar-refractivity contribution < 1.29 is 0 Å². The summed E-state index contributed by atoms with van der Waals surface area (Å²) in [5.74, 6) is 0. The molecule has 3 heterocycles. The van der Waals surface area contributed by atoms with E-state index in [1.807, 2.05) is 17.8 Å². The van der Waals surface area contributed by atoms with E-state index in [9.17, 15) is 0 Å². The van der Waals surface area contributed by atoms with Crippen molar-refractivity contribution in [2.45, 2.75) is 25.4 Å². The first kappa shape index (κ1) is 10.9. The standard InChI is InChI=1S/C13H15N3S/c1-2-6-14-12(4-1)13-5-3-7-16(13)8-11-9-17-10-15-11/h1-2,4,6,9-10,13H,3,5,7-8H2/t13-/m1/s1. The fourth-order valence-electron chi connectivity index (χ4n) is 2.45. The summed E-state index contributed by atoms with van der Waals surface area (Å²) in [7, 11) is 0. The van der Waals surface area contributed by atoms with E-state index < -0.39 is 0 Å². The SMILES string of the molecule is c1ccc([C@H]2CCCN2Cc2cscn2)nc1. The van der Waals surface area contributed by atoms with Crippen LogP contribution in [0.2, 0.25) is 0 Å². The summed E-state index contributed by atoms with van der Waals surface area (Å²) in [4.78, 5) is 11.3. The number of rotatable bonds is 3. The van der Waals surface area contributed by atoms with E-state index in [0.29, 0.717) is 6.04 Å². The molecule has 17 heavy (non-hydrogen) atoms. The van der Waals surface area contributed by atoms with Gasteiger partial charge in [-0.15, -0.1) is 11.3 Å². The van der Waals surface area contributed by atoms with Gasteiger partial charge in [0.25, 0.3) is 0 Å². The number of hydrogen-bond acceptors (Lipinski definition) is 4. The van der Waals surface area contributed by atoms with Crippen LogP contribution in [0, 0.1) is 0 Å². The molecule has 1 aliphatic heterocycles. The molecular weight excluding hydrogens is 230 g/mol. The molecule has 0 bridgehead atoms. The number of nitrogens with zero attached hydrogens (tertiary/aromatic N) is 3. The van der Waals surface area contributed by atoms with Crippen LogP contribution in [-0.4, -0.2) is 21.4 Å². The molecule has 1 atom stereocenters. The van der Waals surface area contributed by atoms with Gasteiger partial charge in [-0.25, -0.2) is 4.98 Å². The summed E-state index contributed by atoms with van der Waals surface area (Å²) in [5, 5.41) is 2.13. The highest BCUT2D eigenvalue weighted by molar-refractivity contribution is 7.07. The van der Waals surface area contributed by atoms with E-state index in [2.05, 4.69) is 32.4 Å². The molecule has 0 radical (unpaired) electrons. The lowest BCUT2D eigenvalue weighted by atomic mass is 10.1. The molecule has 0 spiro atoms. The lowest BCUT2D eigenvalue weighted by molar-refractivity contribution is 0.242. The normalized spacial score (nSPS) is 20.8. The van der Waals surface area contributed by atoms with Crippen molar-refractivity contribution in [3.63, 3.8) is 0 Å². The van der Waals surface area contributed by atoms with E-state index in [1.165, 1.54) is 24.2 Å². The van der Waals surface area contributed by atoms with E-state index in [4.69, 9.17) is 0 Å². The highest BCUT2D eigenvalue weighted by Crippen LogP contribution is 2.31. The molecule has 0 saturated carbocycles. The summed E-state index contributed by atoms with van der Waals surface area (Å²) in [5.41, 5.74) is 4.28. The Morgan fingerprint density at radius 3 is 3.12 bits per heavy atom. The first-order chi connectivity index (χ1) is 8.43. The maximum atomic E-state index is 4.48. The second kappa shape index (κ2) is 4.94. The van der Waals surface area contributed by atoms with Crippen molar-refractivity contribution in [2.75, 3.05) is 6.54 Å². The van der Waals surface area contributed by atoms with Gasteiger partial charge in [0, 0.05) is 18.1 Å². The second-order valence-corrected chi connectivity index (χ2v) is 5.08. The minimum atomic E-state index is 0.470. The van der Waals surface area contributed by atoms with Crippen molar-refractivity contribution in [3.8, 4) is 0 Å². The van der Waals surface area contributed by atoms with Gasteiger partial charge < -0.3 is 0 Å². The van der Waals surface area contributed by atoms with Gasteiger partial charge in [0.05, 0.1) is 22.9 Å². The predicted octanol–water partition coefficient (Wildman–Crippen LogP) is 2.88. The molecule has 88 valence electrons. The monoisotopic (exact) mass is 245 g/mol. The number of hydrogen-bond donors (Lipinski definition) is 0. The summed E-state index contributed by atoms with van der Waals surface area (Å²) in [6, 6.07) is 6.65. The molecule has 0 N–H and O–H groups in total. The molecule has 1 fully saturated rings. The smallest absolute Gasteiger partial charge is 0.0795 e. The van der Waals surface area contributed by atoms with Gasteiger partial charge in [-0.05, 0) is 31.5 Å². The predicted molar refractivity (Wildman–Crippen MR) is 68.7 cm³/mol. The Morgan fingerprint density at radius 2 is 2.35 bits per heavy atom.